The van der Waals surface area contributed by atoms with Gasteiger partial charge in [0.2, 0.25) is 9.87 Å². The molecule has 15 nitrogen and oxygen atoms in total. The maximum Gasteiger partial charge on any atom is 0.342 e. The first-order valence-electron chi connectivity index (χ1n) is 19.6. The van der Waals surface area contributed by atoms with Gasteiger partial charge in [-0.1, -0.05) is 129 Å². The van der Waals surface area contributed by atoms with Gasteiger partial charge < -0.3 is 30.4 Å². The summed E-state index contributed by atoms with van der Waals surface area (Å²) in [5.41, 5.74) is 0. The summed E-state index contributed by atoms with van der Waals surface area (Å²) < 4.78 is 65.2. The lowest BCUT2D eigenvalue weighted by atomic mass is 9.99. The molecule has 0 aliphatic carbocycles. The fourth-order valence-corrected chi connectivity index (χ4v) is 7.76. The number of carbonyl (C=O) groups excluding carboxylic acids is 1. The van der Waals surface area contributed by atoms with Crippen LogP contribution in [-0.4, -0.2) is 90.7 Å². The number of aliphatic carboxylic acids is 1. The summed E-state index contributed by atoms with van der Waals surface area (Å²) in [6.45, 7) is 4.22. The van der Waals surface area contributed by atoms with Crippen LogP contribution >= 0.6 is 0 Å². The number of rotatable bonds is 34. The summed E-state index contributed by atoms with van der Waals surface area (Å²) >= 11 is 0. The maximum atomic E-state index is 11.6. The molecule has 0 spiro atoms. The lowest BCUT2D eigenvalue weighted by Crippen LogP contribution is -2.49. The Morgan fingerprint density at radius 3 is 1.15 bits per heavy atom. The first-order valence-corrected chi connectivity index (χ1v) is 22.5. The molecule has 4 unspecified atom stereocenters. The third-order valence-corrected chi connectivity index (χ3v) is 12.3. The predicted molar refractivity (Wildman–Crippen MR) is 202 cm³/mol. The molecule has 4 atom stereocenters. The van der Waals surface area contributed by atoms with Crippen molar-refractivity contribution in [1.82, 2.24) is 0 Å². The van der Waals surface area contributed by atoms with Gasteiger partial charge in [0.15, 0.2) is 0 Å². The van der Waals surface area contributed by atoms with E-state index in [9.17, 15) is 56.0 Å². The molecule has 53 heavy (non-hydrogen) atoms. The van der Waals surface area contributed by atoms with Gasteiger partial charge in [0.05, 0.1) is 12.2 Å². The van der Waals surface area contributed by atoms with E-state index in [-0.39, 0.29) is 38.5 Å². The lowest BCUT2D eigenvalue weighted by molar-refractivity contribution is -0.234. The minimum absolute atomic E-state index is 0.0996. The van der Waals surface area contributed by atoms with Gasteiger partial charge in [-0.2, -0.15) is 22.1 Å². The molecule has 0 fully saturated rings. The molecule has 0 heterocycles. The van der Waals surface area contributed by atoms with Gasteiger partial charge in [-0.15, -0.1) is 0 Å². The molecule has 318 valence electrons. The van der Waals surface area contributed by atoms with Gasteiger partial charge >= 0.3 is 11.9 Å². The molecule has 0 aromatic heterocycles. The van der Waals surface area contributed by atoms with E-state index in [0.717, 1.165) is 64.2 Å². The predicted octanol–water partition coefficient (Wildman–Crippen LogP) is 6.91. The zero-order valence-corrected chi connectivity index (χ0v) is 33.8. The molecule has 0 saturated carbocycles. The average molecular weight is 809 g/mol. The quantitative estimate of drug-likeness (QED) is 0.0142. The van der Waals surface area contributed by atoms with Crippen molar-refractivity contribution < 1.29 is 71.2 Å². The Bertz CT molecular complexity index is 1150. The molecular formula is C36H72O15S2. The molecule has 0 bridgehead atoms. The highest BCUT2D eigenvalue weighted by Crippen LogP contribution is 2.30. The van der Waals surface area contributed by atoms with Crippen molar-refractivity contribution in [2.45, 2.75) is 216 Å². The van der Waals surface area contributed by atoms with Gasteiger partial charge in [0.1, 0.15) is 0 Å². The standard InChI is InChI=1S/C18H36O8S.C18H36O7S/c1-2-3-4-5-7-10-13-16(19)18(21,27(23,24)25)15-12-9-6-8-11-14-17(20)26-22;1-2-3-4-5-7-10-13-16(19)18(22,26(23,24)25)15-12-9-6-8-11-14-17(20)21/h16,19,21-22H,2-15H2,1H3,(H,23,24,25);16,19,22H,2-15H2,1H3,(H,20,21)(H,23,24,25). The number of carbonyl (C=O) groups is 2. The van der Waals surface area contributed by atoms with E-state index < -0.39 is 54.2 Å². The summed E-state index contributed by atoms with van der Waals surface area (Å²) in [5, 5.41) is 57.8. The van der Waals surface area contributed by atoms with Gasteiger partial charge in [0.25, 0.3) is 20.2 Å². The number of aliphatic hydroxyl groups excluding tert-OH is 2. The Balaban J connectivity index is 0. The van der Waals surface area contributed by atoms with Crippen LogP contribution in [0.15, 0.2) is 0 Å². The lowest BCUT2D eigenvalue weighted by Gasteiger charge is -2.30. The van der Waals surface area contributed by atoms with Crippen molar-refractivity contribution in [3.05, 3.63) is 0 Å². The third-order valence-electron chi connectivity index (χ3n) is 9.54. The van der Waals surface area contributed by atoms with Crippen molar-refractivity contribution >= 4 is 32.2 Å². The van der Waals surface area contributed by atoms with E-state index in [1.165, 1.54) is 0 Å². The van der Waals surface area contributed by atoms with Crippen molar-refractivity contribution in [2.24, 2.45) is 0 Å². The minimum atomic E-state index is -4.81. The summed E-state index contributed by atoms with van der Waals surface area (Å²) in [7, 11) is -9.61. The van der Waals surface area contributed by atoms with Crippen LogP contribution in [0.1, 0.15) is 194 Å². The molecule has 0 amide bonds. The Kier molecular flexibility index (Phi) is 31.1. The molecule has 0 aromatic carbocycles. The van der Waals surface area contributed by atoms with Crippen molar-refractivity contribution in [2.75, 3.05) is 0 Å². The van der Waals surface area contributed by atoms with Crippen LogP contribution in [0.4, 0.5) is 0 Å². The largest absolute Gasteiger partial charge is 0.481 e. The minimum Gasteiger partial charge on any atom is -0.481 e. The summed E-state index contributed by atoms with van der Waals surface area (Å²) in [5.74, 6) is -1.54. The fraction of sp³-hybridized carbons (Fsp3) is 0.944. The van der Waals surface area contributed by atoms with Gasteiger partial charge in [-0.25, -0.2) is 4.79 Å². The SMILES string of the molecule is CCCCCCCCC(O)C(O)(CCCCCCCC(=O)O)S(=O)(=O)O.CCCCCCCCC(O)C(O)(CCCCCCCC(=O)OO)S(=O)(=O)O. The highest BCUT2D eigenvalue weighted by molar-refractivity contribution is 7.87. The average Bonchev–Trinajstić information content (AvgIpc) is 3.08. The second-order valence-electron chi connectivity index (χ2n) is 14.2. The summed E-state index contributed by atoms with van der Waals surface area (Å²) in [6.07, 6.45) is 14.2. The number of carboxylic acids is 1. The van der Waals surface area contributed by atoms with Crippen molar-refractivity contribution in [3.63, 3.8) is 0 Å². The molecule has 0 aliphatic rings. The highest BCUT2D eigenvalue weighted by atomic mass is 32.2. The summed E-state index contributed by atoms with van der Waals surface area (Å²) in [6, 6.07) is 0. The van der Waals surface area contributed by atoms with Crippen molar-refractivity contribution in [3.8, 4) is 0 Å². The van der Waals surface area contributed by atoms with E-state index >= 15 is 0 Å². The van der Waals surface area contributed by atoms with Crippen LogP contribution in [0.25, 0.3) is 0 Å². The second kappa shape index (κ2) is 30.7. The fourth-order valence-electron chi connectivity index (χ4n) is 6.03. The Morgan fingerprint density at radius 1 is 0.528 bits per heavy atom. The van der Waals surface area contributed by atoms with Crippen molar-refractivity contribution in [1.29, 1.82) is 0 Å². The van der Waals surface area contributed by atoms with E-state index in [2.05, 4.69) is 18.7 Å². The van der Waals surface area contributed by atoms with Crippen LogP contribution in [0.5, 0.6) is 0 Å². The number of unbranched alkanes of at least 4 members (excludes halogenated alkanes) is 18. The molecule has 0 aliphatic heterocycles. The first-order chi connectivity index (χ1) is 24.8. The Hall–Kier alpha value is -1.44. The van der Waals surface area contributed by atoms with Crippen LogP contribution < -0.4 is 0 Å². The normalized spacial score (nSPS) is 15.4. The highest BCUT2D eigenvalue weighted by Gasteiger charge is 2.47. The van der Waals surface area contributed by atoms with Gasteiger partial charge in [-0.05, 0) is 51.4 Å². The molecular weight excluding hydrogens is 737 g/mol. The Morgan fingerprint density at radius 2 is 0.830 bits per heavy atom. The zero-order chi connectivity index (χ0) is 40.8. The molecule has 8 N–H and O–H groups in total. The first kappa shape index (κ1) is 53.7. The third kappa shape index (κ3) is 25.4. The second-order valence-corrected chi connectivity index (χ2v) is 17.5. The molecule has 17 heteroatoms. The molecule has 0 aromatic rings. The number of carboxylic acid groups (broad SMARTS) is 1. The van der Waals surface area contributed by atoms with E-state index in [1.54, 1.807) is 0 Å². The van der Waals surface area contributed by atoms with Crippen LogP contribution in [0.2, 0.25) is 0 Å². The molecule has 0 saturated heterocycles. The van der Waals surface area contributed by atoms with E-state index in [0.29, 0.717) is 77.0 Å². The number of aliphatic hydroxyl groups is 4. The maximum absolute atomic E-state index is 11.6. The van der Waals surface area contributed by atoms with E-state index in [4.69, 9.17) is 10.4 Å². The topological polar surface area (TPSA) is 273 Å². The summed E-state index contributed by atoms with van der Waals surface area (Å²) in [4.78, 5) is 19.6. The molecule has 0 radical (unpaired) electrons. The Labute approximate surface area is 318 Å². The monoisotopic (exact) mass is 808 g/mol. The number of hydrogen-bond donors (Lipinski definition) is 8. The van der Waals surface area contributed by atoms with Gasteiger partial charge in [0, 0.05) is 12.8 Å². The van der Waals surface area contributed by atoms with E-state index in [1.807, 2.05) is 0 Å². The smallest absolute Gasteiger partial charge is 0.342 e. The molecule has 0 rings (SSSR count). The van der Waals surface area contributed by atoms with Crippen LogP contribution in [0.3, 0.4) is 0 Å². The van der Waals surface area contributed by atoms with Gasteiger partial charge in [-0.3, -0.25) is 13.9 Å². The zero-order valence-electron chi connectivity index (χ0n) is 32.2. The van der Waals surface area contributed by atoms with Crippen LogP contribution in [0, 0.1) is 0 Å². The number of hydrogen-bond acceptors (Lipinski definition) is 12. The van der Waals surface area contributed by atoms with Crippen LogP contribution in [-0.2, 0) is 34.7 Å².